The number of aromatic nitrogens is 2. The van der Waals surface area contributed by atoms with Crippen LogP contribution in [0.15, 0.2) is 89.5 Å². The molecule has 1 aliphatic rings. The predicted octanol–water partition coefficient (Wildman–Crippen LogP) is 4.50. The van der Waals surface area contributed by atoms with E-state index in [1.807, 2.05) is 96.7 Å². The summed E-state index contributed by atoms with van der Waals surface area (Å²) in [5.74, 6) is 0.961. The van der Waals surface area contributed by atoms with Crippen LogP contribution < -0.4 is 4.90 Å². The van der Waals surface area contributed by atoms with E-state index in [4.69, 9.17) is 9.51 Å². The van der Waals surface area contributed by atoms with Crippen LogP contribution >= 0.6 is 0 Å². The Morgan fingerprint density at radius 3 is 2.31 bits per heavy atom. The standard InChI is InChI=1S/C28H29N5O2/c1-31(2)24-15-13-23(14-16-24)28(34)33-18-17-32(19-21-9-5-3-6-10-21)20-25(33)27-29-26(30-35-27)22-11-7-4-8-12-22/h3-16,25H,17-20H2,1-2H3. The van der Waals surface area contributed by atoms with Gasteiger partial charge in [0.05, 0.1) is 0 Å². The molecule has 2 heterocycles. The molecule has 3 aromatic carbocycles. The van der Waals surface area contributed by atoms with E-state index in [1.54, 1.807) is 0 Å². The number of carbonyl (C=O) groups is 1. The maximum Gasteiger partial charge on any atom is 0.254 e. The summed E-state index contributed by atoms with van der Waals surface area (Å²) >= 11 is 0. The molecule has 0 radical (unpaired) electrons. The fourth-order valence-corrected chi connectivity index (χ4v) is 4.42. The SMILES string of the molecule is CN(C)c1ccc(C(=O)N2CCN(Cc3ccccc3)CC2c2nc(-c3ccccc3)no2)cc1. The molecule has 178 valence electrons. The minimum Gasteiger partial charge on any atom is -0.378 e. The minimum atomic E-state index is -0.335. The molecule has 7 heteroatoms. The third-order valence-corrected chi connectivity index (χ3v) is 6.36. The second kappa shape index (κ2) is 10.1. The summed E-state index contributed by atoms with van der Waals surface area (Å²) in [5, 5.41) is 4.22. The van der Waals surface area contributed by atoms with E-state index in [1.165, 1.54) is 5.56 Å². The van der Waals surface area contributed by atoms with E-state index in [0.29, 0.717) is 30.4 Å². The lowest BCUT2D eigenvalue weighted by atomic mass is 10.1. The van der Waals surface area contributed by atoms with Crippen molar-refractivity contribution in [3.8, 4) is 11.4 Å². The number of nitrogens with zero attached hydrogens (tertiary/aromatic N) is 5. The van der Waals surface area contributed by atoms with Crippen molar-refractivity contribution in [2.75, 3.05) is 38.6 Å². The molecule has 1 saturated heterocycles. The average molecular weight is 468 g/mol. The van der Waals surface area contributed by atoms with Crippen LogP contribution in [0.2, 0.25) is 0 Å². The number of rotatable bonds is 6. The fraction of sp³-hybridized carbons (Fsp3) is 0.250. The monoisotopic (exact) mass is 467 g/mol. The summed E-state index contributed by atoms with van der Waals surface area (Å²) < 4.78 is 5.74. The number of carbonyl (C=O) groups excluding carboxylic acids is 1. The highest BCUT2D eigenvalue weighted by Gasteiger charge is 2.36. The number of anilines is 1. The molecule has 1 amide bonds. The Kier molecular flexibility index (Phi) is 6.59. The molecule has 35 heavy (non-hydrogen) atoms. The molecule has 1 atom stereocenters. The van der Waals surface area contributed by atoms with Crippen LogP contribution in [0.3, 0.4) is 0 Å². The zero-order chi connectivity index (χ0) is 24.2. The molecular weight excluding hydrogens is 438 g/mol. The molecular formula is C28H29N5O2. The van der Waals surface area contributed by atoms with Gasteiger partial charge in [0, 0.05) is 57.1 Å². The first-order chi connectivity index (χ1) is 17.1. The fourth-order valence-electron chi connectivity index (χ4n) is 4.42. The van der Waals surface area contributed by atoms with Gasteiger partial charge < -0.3 is 14.3 Å². The summed E-state index contributed by atoms with van der Waals surface area (Å²) in [5.41, 5.74) is 3.83. The van der Waals surface area contributed by atoms with Gasteiger partial charge in [-0.25, -0.2) is 0 Å². The van der Waals surface area contributed by atoms with Gasteiger partial charge >= 0.3 is 0 Å². The van der Waals surface area contributed by atoms with Crippen LogP contribution in [-0.4, -0.2) is 59.6 Å². The average Bonchev–Trinajstić information content (AvgIpc) is 3.40. The van der Waals surface area contributed by atoms with E-state index in [2.05, 4.69) is 22.2 Å². The van der Waals surface area contributed by atoms with Crippen molar-refractivity contribution in [2.24, 2.45) is 0 Å². The van der Waals surface area contributed by atoms with Gasteiger partial charge in [-0.1, -0.05) is 65.8 Å². The van der Waals surface area contributed by atoms with Crippen molar-refractivity contribution in [1.82, 2.24) is 19.9 Å². The van der Waals surface area contributed by atoms with Gasteiger partial charge in [-0.2, -0.15) is 4.98 Å². The Morgan fingerprint density at radius 1 is 0.943 bits per heavy atom. The maximum atomic E-state index is 13.6. The number of benzene rings is 3. The molecule has 0 saturated carbocycles. The largest absolute Gasteiger partial charge is 0.378 e. The molecule has 0 bridgehead atoms. The van der Waals surface area contributed by atoms with Gasteiger partial charge in [-0.15, -0.1) is 0 Å². The van der Waals surface area contributed by atoms with E-state index in [-0.39, 0.29) is 11.9 Å². The molecule has 4 aromatic rings. The summed E-state index contributed by atoms with van der Waals surface area (Å²) in [4.78, 5) is 24.5. The molecule has 0 aliphatic carbocycles. The first-order valence-electron chi connectivity index (χ1n) is 11.8. The third-order valence-electron chi connectivity index (χ3n) is 6.36. The first-order valence-corrected chi connectivity index (χ1v) is 11.8. The van der Waals surface area contributed by atoms with Crippen molar-refractivity contribution >= 4 is 11.6 Å². The lowest BCUT2D eigenvalue weighted by Gasteiger charge is -2.39. The highest BCUT2D eigenvalue weighted by atomic mass is 16.5. The Labute approximate surface area is 205 Å². The topological polar surface area (TPSA) is 65.7 Å². The number of amides is 1. The molecule has 1 aromatic heterocycles. The molecule has 1 unspecified atom stereocenters. The van der Waals surface area contributed by atoms with Gasteiger partial charge in [0.1, 0.15) is 6.04 Å². The molecule has 7 nitrogen and oxygen atoms in total. The van der Waals surface area contributed by atoms with Crippen molar-refractivity contribution in [3.05, 3.63) is 102 Å². The highest BCUT2D eigenvalue weighted by molar-refractivity contribution is 5.95. The maximum absolute atomic E-state index is 13.6. The van der Waals surface area contributed by atoms with Crippen molar-refractivity contribution in [3.63, 3.8) is 0 Å². The second-order valence-electron chi connectivity index (χ2n) is 9.00. The van der Waals surface area contributed by atoms with Gasteiger partial charge in [-0.3, -0.25) is 9.69 Å². The van der Waals surface area contributed by atoms with E-state index < -0.39 is 0 Å². The third kappa shape index (κ3) is 5.10. The lowest BCUT2D eigenvalue weighted by molar-refractivity contribution is 0.0357. The molecule has 5 rings (SSSR count). The van der Waals surface area contributed by atoms with Crippen LogP contribution in [0.25, 0.3) is 11.4 Å². The smallest absolute Gasteiger partial charge is 0.254 e. The van der Waals surface area contributed by atoms with Crippen LogP contribution in [0, 0.1) is 0 Å². The molecule has 0 spiro atoms. The summed E-state index contributed by atoms with van der Waals surface area (Å²) in [6.07, 6.45) is 0. The molecule has 0 N–H and O–H groups in total. The van der Waals surface area contributed by atoms with Gasteiger partial charge in [-0.05, 0) is 29.8 Å². The quantitative estimate of drug-likeness (QED) is 0.416. The summed E-state index contributed by atoms with van der Waals surface area (Å²) in [7, 11) is 3.97. The van der Waals surface area contributed by atoms with Gasteiger partial charge in [0.25, 0.3) is 11.8 Å². The van der Waals surface area contributed by atoms with Gasteiger partial charge in [0.15, 0.2) is 0 Å². The Hall–Kier alpha value is -3.97. The van der Waals surface area contributed by atoms with Gasteiger partial charge in [0.2, 0.25) is 5.82 Å². The predicted molar refractivity (Wildman–Crippen MR) is 136 cm³/mol. The zero-order valence-electron chi connectivity index (χ0n) is 20.0. The van der Waals surface area contributed by atoms with Crippen molar-refractivity contribution in [2.45, 2.75) is 12.6 Å². The van der Waals surface area contributed by atoms with Crippen LogP contribution in [0.4, 0.5) is 5.69 Å². The lowest BCUT2D eigenvalue weighted by Crippen LogP contribution is -2.50. The summed E-state index contributed by atoms with van der Waals surface area (Å²) in [6, 6.07) is 27.5. The number of hydrogen-bond donors (Lipinski definition) is 0. The number of hydrogen-bond acceptors (Lipinski definition) is 6. The molecule has 1 aliphatic heterocycles. The normalized spacial score (nSPS) is 16.3. The van der Waals surface area contributed by atoms with E-state index in [9.17, 15) is 4.79 Å². The Balaban J connectivity index is 1.42. The summed E-state index contributed by atoms with van der Waals surface area (Å²) in [6.45, 7) is 2.77. The van der Waals surface area contributed by atoms with Crippen LogP contribution in [0.5, 0.6) is 0 Å². The highest BCUT2D eigenvalue weighted by Crippen LogP contribution is 2.29. The zero-order valence-corrected chi connectivity index (χ0v) is 20.0. The first kappa shape index (κ1) is 22.8. The number of piperazine rings is 1. The van der Waals surface area contributed by atoms with Crippen molar-refractivity contribution < 1.29 is 9.32 Å². The Bertz CT molecular complexity index is 1260. The van der Waals surface area contributed by atoms with E-state index >= 15 is 0 Å². The van der Waals surface area contributed by atoms with Crippen molar-refractivity contribution in [1.29, 1.82) is 0 Å². The van der Waals surface area contributed by atoms with Crippen LogP contribution in [-0.2, 0) is 6.54 Å². The second-order valence-corrected chi connectivity index (χ2v) is 9.00. The Morgan fingerprint density at radius 2 is 1.63 bits per heavy atom. The molecule has 1 fully saturated rings. The minimum absolute atomic E-state index is 0.0286. The van der Waals surface area contributed by atoms with Crippen LogP contribution in [0.1, 0.15) is 27.9 Å². The van der Waals surface area contributed by atoms with E-state index in [0.717, 1.165) is 24.3 Å².